The van der Waals surface area contributed by atoms with Gasteiger partial charge in [-0.25, -0.2) is 0 Å². The van der Waals surface area contributed by atoms with Crippen molar-refractivity contribution in [2.75, 3.05) is 6.61 Å². The van der Waals surface area contributed by atoms with Gasteiger partial charge in [-0.3, -0.25) is 0 Å². The summed E-state index contributed by atoms with van der Waals surface area (Å²) in [5.74, 6) is -1.75. The molecule has 1 aliphatic rings. The molecule has 1 unspecified atom stereocenters. The van der Waals surface area contributed by atoms with Crippen LogP contribution in [0, 0.1) is 0 Å². The molecule has 6 heteroatoms. The standard InChI is InChI=1S/C41H42O6/c42-41(26-32-16-6-1-7-17-32)40(46-30-36-24-14-5-15-25-36)39(45-29-35-22-12-4-13-23-35)38(44-28-34-20-10-3-11-21-34)37(47-41)31-43-27-33-18-8-2-9-19-33/h1-25,37-40,42H,26-31H2/t37-,38-,39+,40-,41?/m1/s1. The van der Waals surface area contributed by atoms with Crippen molar-refractivity contribution >= 4 is 0 Å². The molecule has 0 saturated carbocycles. The number of benzene rings is 5. The van der Waals surface area contributed by atoms with Crippen LogP contribution in [0.25, 0.3) is 0 Å². The molecule has 0 aliphatic carbocycles. The molecule has 1 N–H and O–H groups in total. The highest BCUT2D eigenvalue weighted by molar-refractivity contribution is 5.20. The first-order valence-electron chi connectivity index (χ1n) is 16.2. The summed E-state index contributed by atoms with van der Waals surface area (Å²) in [6.45, 7) is 1.48. The van der Waals surface area contributed by atoms with Crippen molar-refractivity contribution < 1.29 is 28.8 Å². The van der Waals surface area contributed by atoms with E-state index < -0.39 is 30.2 Å². The maximum atomic E-state index is 12.6. The van der Waals surface area contributed by atoms with Crippen molar-refractivity contribution in [3.63, 3.8) is 0 Å². The van der Waals surface area contributed by atoms with Crippen LogP contribution >= 0.6 is 0 Å². The zero-order chi connectivity index (χ0) is 32.2. The van der Waals surface area contributed by atoms with E-state index >= 15 is 0 Å². The van der Waals surface area contributed by atoms with Crippen LogP contribution in [0.3, 0.4) is 0 Å². The van der Waals surface area contributed by atoms with Crippen LogP contribution in [0.2, 0.25) is 0 Å². The second kappa shape index (κ2) is 16.6. The Morgan fingerprint density at radius 2 is 0.851 bits per heavy atom. The molecule has 0 amide bonds. The van der Waals surface area contributed by atoms with Gasteiger partial charge in [-0.05, 0) is 27.8 Å². The van der Waals surface area contributed by atoms with Crippen molar-refractivity contribution in [3.05, 3.63) is 179 Å². The normalized spacial score (nSPS) is 22.6. The predicted octanol–water partition coefficient (Wildman–Crippen LogP) is 7.29. The highest BCUT2D eigenvalue weighted by atomic mass is 16.7. The van der Waals surface area contributed by atoms with Gasteiger partial charge in [0.15, 0.2) is 5.79 Å². The van der Waals surface area contributed by atoms with Gasteiger partial charge in [-0.2, -0.15) is 0 Å². The third-order valence-corrected chi connectivity index (χ3v) is 8.33. The molecule has 5 aromatic carbocycles. The van der Waals surface area contributed by atoms with Gasteiger partial charge < -0.3 is 28.8 Å². The number of hydrogen-bond donors (Lipinski definition) is 1. The van der Waals surface area contributed by atoms with Gasteiger partial charge >= 0.3 is 0 Å². The zero-order valence-electron chi connectivity index (χ0n) is 26.5. The van der Waals surface area contributed by atoms with Gasteiger partial charge in [0, 0.05) is 6.42 Å². The van der Waals surface area contributed by atoms with Crippen molar-refractivity contribution in [2.45, 2.75) is 63.1 Å². The van der Waals surface area contributed by atoms with Gasteiger partial charge in [0.2, 0.25) is 0 Å². The fraction of sp³-hybridized carbons (Fsp3) is 0.268. The molecule has 1 heterocycles. The van der Waals surface area contributed by atoms with E-state index in [0.717, 1.165) is 27.8 Å². The van der Waals surface area contributed by atoms with Gasteiger partial charge in [0.1, 0.15) is 24.4 Å². The maximum Gasteiger partial charge on any atom is 0.199 e. The summed E-state index contributed by atoms with van der Waals surface area (Å²) in [4.78, 5) is 0. The van der Waals surface area contributed by atoms with Crippen molar-refractivity contribution in [3.8, 4) is 0 Å². The van der Waals surface area contributed by atoms with Gasteiger partial charge in [-0.15, -0.1) is 0 Å². The van der Waals surface area contributed by atoms with Crippen LogP contribution in [-0.4, -0.2) is 41.9 Å². The highest BCUT2D eigenvalue weighted by Crippen LogP contribution is 2.38. The third-order valence-electron chi connectivity index (χ3n) is 8.33. The van der Waals surface area contributed by atoms with E-state index in [1.165, 1.54) is 0 Å². The van der Waals surface area contributed by atoms with E-state index in [2.05, 4.69) is 0 Å². The van der Waals surface area contributed by atoms with Gasteiger partial charge in [0.05, 0.1) is 33.0 Å². The minimum atomic E-state index is -1.75. The summed E-state index contributed by atoms with van der Waals surface area (Å²) in [7, 11) is 0. The van der Waals surface area contributed by atoms with Crippen molar-refractivity contribution in [2.24, 2.45) is 0 Å². The monoisotopic (exact) mass is 630 g/mol. The molecule has 6 nitrogen and oxygen atoms in total. The molecule has 242 valence electrons. The quantitative estimate of drug-likeness (QED) is 0.131. The minimum absolute atomic E-state index is 0.183. The minimum Gasteiger partial charge on any atom is -0.374 e. The summed E-state index contributed by atoms with van der Waals surface area (Å²) >= 11 is 0. The van der Waals surface area contributed by atoms with Crippen LogP contribution < -0.4 is 0 Å². The Hall–Kier alpha value is -4.14. The molecule has 5 aromatic rings. The molecule has 0 spiro atoms. The van der Waals surface area contributed by atoms with Crippen LogP contribution in [-0.2, 0) is 56.5 Å². The topological polar surface area (TPSA) is 66.4 Å². The van der Waals surface area contributed by atoms with Crippen LogP contribution in [0.5, 0.6) is 0 Å². The molecule has 0 radical (unpaired) electrons. The molecular formula is C41H42O6. The first-order valence-corrected chi connectivity index (χ1v) is 16.2. The Morgan fingerprint density at radius 3 is 1.32 bits per heavy atom. The Morgan fingerprint density at radius 1 is 0.468 bits per heavy atom. The Kier molecular flexibility index (Phi) is 11.6. The number of aliphatic hydroxyl groups is 1. The summed E-state index contributed by atoms with van der Waals surface area (Å²) in [5, 5.41) is 12.6. The average molecular weight is 631 g/mol. The summed E-state index contributed by atoms with van der Waals surface area (Å²) in [5.41, 5.74) is 4.96. The molecule has 47 heavy (non-hydrogen) atoms. The van der Waals surface area contributed by atoms with Crippen LogP contribution in [0.1, 0.15) is 27.8 Å². The summed E-state index contributed by atoms with van der Waals surface area (Å²) < 4.78 is 33.0. The Labute approximate surface area is 277 Å². The molecule has 1 aliphatic heterocycles. The van der Waals surface area contributed by atoms with E-state index in [1.54, 1.807) is 0 Å². The first-order chi connectivity index (χ1) is 23.2. The Balaban J connectivity index is 1.34. The van der Waals surface area contributed by atoms with E-state index in [9.17, 15) is 5.11 Å². The second-order valence-electron chi connectivity index (χ2n) is 11.9. The lowest BCUT2D eigenvalue weighted by molar-refractivity contribution is -0.370. The van der Waals surface area contributed by atoms with E-state index in [1.807, 2.05) is 152 Å². The molecule has 0 bridgehead atoms. The fourth-order valence-electron chi connectivity index (χ4n) is 5.97. The molecule has 1 saturated heterocycles. The van der Waals surface area contributed by atoms with E-state index in [-0.39, 0.29) is 19.6 Å². The number of hydrogen-bond acceptors (Lipinski definition) is 6. The van der Waals surface area contributed by atoms with Gasteiger partial charge in [-0.1, -0.05) is 152 Å². The smallest absolute Gasteiger partial charge is 0.199 e. The number of ether oxygens (including phenoxy) is 5. The lowest BCUT2D eigenvalue weighted by Gasteiger charge is -2.50. The SMILES string of the molecule is OC1(Cc2ccccc2)O[C@H](COCc2ccccc2)[C@@H](OCc2ccccc2)[C@H](OCc2ccccc2)[C@H]1OCc1ccccc1. The fourth-order valence-corrected chi connectivity index (χ4v) is 5.97. The lowest BCUT2D eigenvalue weighted by Crippen LogP contribution is -2.68. The highest BCUT2D eigenvalue weighted by Gasteiger charge is 2.56. The molecule has 1 fully saturated rings. The van der Waals surface area contributed by atoms with Crippen molar-refractivity contribution in [1.82, 2.24) is 0 Å². The molecule has 0 aromatic heterocycles. The van der Waals surface area contributed by atoms with E-state index in [0.29, 0.717) is 19.8 Å². The Bertz CT molecular complexity index is 1590. The largest absolute Gasteiger partial charge is 0.374 e. The summed E-state index contributed by atoms with van der Waals surface area (Å²) in [6, 6.07) is 49.8. The lowest BCUT2D eigenvalue weighted by atomic mass is 9.88. The van der Waals surface area contributed by atoms with Crippen LogP contribution in [0.15, 0.2) is 152 Å². The number of rotatable bonds is 15. The van der Waals surface area contributed by atoms with E-state index in [4.69, 9.17) is 23.7 Å². The average Bonchev–Trinajstić information content (AvgIpc) is 3.12. The maximum absolute atomic E-state index is 12.6. The van der Waals surface area contributed by atoms with Gasteiger partial charge in [0.25, 0.3) is 0 Å². The first kappa shape index (κ1) is 32.8. The van der Waals surface area contributed by atoms with Crippen LogP contribution in [0.4, 0.5) is 0 Å². The predicted molar refractivity (Wildman–Crippen MR) is 181 cm³/mol. The molecule has 6 rings (SSSR count). The third kappa shape index (κ3) is 9.24. The second-order valence-corrected chi connectivity index (χ2v) is 11.9. The molecular weight excluding hydrogens is 588 g/mol. The summed E-state index contributed by atoms with van der Waals surface area (Å²) in [6.07, 6.45) is -2.67. The zero-order valence-corrected chi connectivity index (χ0v) is 26.5. The van der Waals surface area contributed by atoms with Crippen molar-refractivity contribution in [1.29, 1.82) is 0 Å². The molecule has 5 atom stereocenters.